The number of rotatable bonds is 5. The number of sulfonamides is 1. The van der Waals surface area contributed by atoms with E-state index in [9.17, 15) is 13.2 Å². The second-order valence-electron chi connectivity index (χ2n) is 4.80. The lowest BCUT2D eigenvalue weighted by Gasteiger charge is -2.29. The van der Waals surface area contributed by atoms with Crippen LogP contribution in [0.3, 0.4) is 0 Å². The van der Waals surface area contributed by atoms with Crippen molar-refractivity contribution in [2.45, 2.75) is 11.1 Å². The van der Waals surface area contributed by atoms with Crippen molar-refractivity contribution in [1.82, 2.24) is 14.6 Å². The number of aromatic nitrogens is 1. The van der Waals surface area contributed by atoms with E-state index in [1.165, 1.54) is 12.1 Å². The number of ether oxygens (including phenoxy) is 1. The largest absolute Gasteiger partial charge is 0.478 e. The molecule has 0 spiro atoms. The van der Waals surface area contributed by atoms with Crippen molar-refractivity contribution in [3.05, 3.63) is 23.9 Å². The topological polar surface area (TPSA) is 109 Å². The van der Waals surface area contributed by atoms with Gasteiger partial charge in [0.25, 0.3) is 10.0 Å². The summed E-state index contributed by atoms with van der Waals surface area (Å²) in [4.78, 5) is 16.4. The van der Waals surface area contributed by atoms with E-state index in [4.69, 9.17) is 9.84 Å². The van der Waals surface area contributed by atoms with Gasteiger partial charge in [0.05, 0.1) is 18.3 Å². The molecular weight excluding hydrogens is 298 g/mol. The minimum absolute atomic E-state index is 0.0637. The number of carbonyl (C=O) groups is 1. The first kappa shape index (κ1) is 15.8. The molecule has 0 aliphatic carbocycles. The maximum atomic E-state index is 12.0. The van der Waals surface area contributed by atoms with Gasteiger partial charge in [-0.05, 0) is 19.2 Å². The summed E-state index contributed by atoms with van der Waals surface area (Å²) in [5.41, 5.74) is -0.0637. The van der Waals surface area contributed by atoms with Gasteiger partial charge in [0.1, 0.15) is 0 Å². The smallest absolute Gasteiger partial charge is 0.337 e. The minimum Gasteiger partial charge on any atom is -0.478 e. The van der Waals surface area contributed by atoms with Crippen molar-refractivity contribution < 1.29 is 23.1 Å². The number of pyridine rings is 1. The molecule has 21 heavy (non-hydrogen) atoms. The van der Waals surface area contributed by atoms with Crippen molar-refractivity contribution in [2.75, 3.05) is 33.3 Å². The highest BCUT2D eigenvalue weighted by Gasteiger charge is 2.22. The lowest BCUT2D eigenvalue weighted by molar-refractivity contribution is -0.0156. The molecular formula is C12H17N3O5S. The first-order valence-electron chi connectivity index (χ1n) is 6.37. The molecule has 1 aromatic rings. The lowest BCUT2D eigenvalue weighted by Crippen LogP contribution is -2.45. The van der Waals surface area contributed by atoms with Gasteiger partial charge in [-0.15, -0.1) is 0 Å². The summed E-state index contributed by atoms with van der Waals surface area (Å²) >= 11 is 0. The van der Waals surface area contributed by atoms with E-state index in [0.717, 1.165) is 12.7 Å². The average Bonchev–Trinajstić information content (AvgIpc) is 2.45. The van der Waals surface area contributed by atoms with Gasteiger partial charge in [0.15, 0.2) is 5.03 Å². The Morgan fingerprint density at radius 1 is 1.57 bits per heavy atom. The second-order valence-corrected chi connectivity index (χ2v) is 6.51. The number of nitrogens with zero attached hydrogens (tertiary/aromatic N) is 2. The van der Waals surface area contributed by atoms with E-state index in [-0.39, 0.29) is 23.2 Å². The van der Waals surface area contributed by atoms with Gasteiger partial charge >= 0.3 is 5.97 Å². The maximum absolute atomic E-state index is 12.0. The molecule has 1 aliphatic heterocycles. The number of hydrogen-bond donors (Lipinski definition) is 2. The number of likely N-dealkylation sites (N-methyl/N-ethyl adjacent to an activating group) is 1. The Kier molecular flexibility index (Phi) is 4.88. The molecule has 1 fully saturated rings. The van der Waals surface area contributed by atoms with Crippen LogP contribution in [0.15, 0.2) is 23.4 Å². The van der Waals surface area contributed by atoms with Crippen LogP contribution < -0.4 is 4.72 Å². The highest BCUT2D eigenvalue weighted by Crippen LogP contribution is 2.08. The van der Waals surface area contributed by atoms with E-state index in [0.29, 0.717) is 13.2 Å². The first-order chi connectivity index (χ1) is 9.88. The zero-order chi connectivity index (χ0) is 15.5. The highest BCUT2D eigenvalue weighted by atomic mass is 32.2. The van der Waals surface area contributed by atoms with Crippen LogP contribution in [0.4, 0.5) is 0 Å². The summed E-state index contributed by atoms with van der Waals surface area (Å²) in [5, 5.41) is 8.54. The predicted octanol–water partition coefficient (Wildman–Crippen LogP) is -0.611. The average molecular weight is 315 g/mol. The lowest BCUT2D eigenvalue weighted by atomic mass is 10.3. The van der Waals surface area contributed by atoms with Crippen LogP contribution in [-0.2, 0) is 14.8 Å². The SMILES string of the molecule is CN1CCOC(CNS(=O)(=O)c2ccc(C(=O)O)cn2)C1. The molecule has 0 amide bonds. The van der Waals surface area contributed by atoms with E-state index in [1.807, 2.05) is 7.05 Å². The Balaban J connectivity index is 1.99. The van der Waals surface area contributed by atoms with Gasteiger partial charge in [0, 0.05) is 25.8 Å². The minimum atomic E-state index is -3.77. The van der Waals surface area contributed by atoms with Crippen molar-refractivity contribution in [2.24, 2.45) is 0 Å². The van der Waals surface area contributed by atoms with Gasteiger partial charge < -0.3 is 14.7 Å². The highest BCUT2D eigenvalue weighted by molar-refractivity contribution is 7.89. The van der Waals surface area contributed by atoms with Gasteiger partial charge in [-0.25, -0.2) is 22.9 Å². The summed E-state index contributed by atoms with van der Waals surface area (Å²) < 4.78 is 32.0. The monoisotopic (exact) mass is 315 g/mol. The van der Waals surface area contributed by atoms with Crippen molar-refractivity contribution in [1.29, 1.82) is 0 Å². The van der Waals surface area contributed by atoms with E-state index < -0.39 is 16.0 Å². The Morgan fingerprint density at radius 3 is 2.90 bits per heavy atom. The Morgan fingerprint density at radius 2 is 2.33 bits per heavy atom. The number of aromatic carboxylic acids is 1. The van der Waals surface area contributed by atoms with Crippen LogP contribution in [0, 0.1) is 0 Å². The third-order valence-corrected chi connectivity index (χ3v) is 4.44. The molecule has 0 bridgehead atoms. The second kappa shape index (κ2) is 6.48. The fourth-order valence-electron chi connectivity index (χ4n) is 1.93. The summed E-state index contributed by atoms with van der Waals surface area (Å²) in [6.45, 7) is 2.18. The molecule has 116 valence electrons. The van der Waals surface area contributed by atoms with E-state index in [1.54, 1.807) is 0 Å². The van der Waals surface area contributed by atoms with Crippen LogP contribution in [0.5, 0.6) is 0 Å². The van der Waals surface area contributed by atoms with Gasteiger partial charge in [0.2, 0.25) is 0 Å². The summed E-state index contributed by atoms with van der Waals surface area (Å²) in [6.07, 6.45) is 0.804. The van der Waals surface area contributed by atoms with Crippen LogP contribution in [-0.4, -0.2) is 68.8 Å². The third kappa shape index (κ3) is 4.21. The number of hydrogen-bond acceptors (Lipinski definition) is 6. The van der Waals surface area contributed by atoms with Crippen LogP contribution in [0.1, 0.15) is 10.4 Å². The normalized spacial score (nSPS) is 20.3. The third-order valence-electron chi connectivity index (χ3n) is 3.10. The molecule has 0 saturated carbocycles. The summed E-state index contributed by atoms with van der Waals surface area (Å²) in [5.74, 6) is -1.15. The van der Waals surface area contributed by atoms with Crippen molar-refractivity contribution in [3.8, 4) is 0 Å². The van der Waals surface area contributed by atoms with Crippen molar-refractivity contribution >= 4 is 16.0 Å². The summed E-state index contributed by atoms with van der Waals surface area (Å²) in [6, 6.07) is 2.37. The molecule has 0 aromatic carbocycles. The Hall–Kier alpha value is -1.55. The molecule has 0 radical (unpaired) electrons. The van der Waals surface area contributed by atoms with E-state index >= 15 is 0 Å². The number of carboxylic acid groups (broad SMARTS) is 1. The molecule has 1 unspecified atom stereocenters. The first-order valence-corrected chi connectivity index (χ1v) is 7.86. The van der Waals surface area contributed by atoms with Gasteiger partial charge in [-0.3, -0.25) is 0 Å². The molecule has 2 N–H and O–H groups in total. The van der Waals surface area contributed by atoms with Crippen LogP contribution in [0.2, 0.25) is 0 Å². The van der Waals surface area contributed by atoms with Crippen molar-refractivity contribution in [3.63, 3.8) is 0 Å². The molecule has 8 nitrogen and oxygen atoms in total. The molecule has 1 saturated heterocycles. The fourth-order valence-corrected chi connectivity index (χ4v) is 2.92. The Labute approximate surface area is 122 Å². The summed E-state index contributed by atoms with van der Waals surface area (Å²) in [7, 11) is -1.83. The molecule has 1 aromatic heterocycles. The zero-order valence-corrected chi connectivity index (χ0v) is 12.3. The number of nitrogens with one attached hydrogen (secondary N) is 1. The van der Waals surface area contributed by atoms with Gasteiger partial charge in [-0.1, -0.05) is 0 Å². The van der Waals surface area contributed by atoms with Crippen LogP contribution >= 0.6 is 0 Å². The predicted molar refractivity (Wildman–Crippen MR) is 73.6 cm³/mol. The molecule has 9 heteroatoms. The maximum Gasteiger partial charge on any atom is 0.337 e. The number of morpholine rings is 1. The standard InChI is InChI=1S/C12H17N3O5S/c1-15-4-5-20-10(8-15)7-14-21(18,19)11-3-2-9(6-13-11)12(16)17/h2-3,6,10,14H,4-5,7-8H2,1H3,(H,16,17). The van der Waals surface area contributed by atoms with Gasteiger partial charge in [-0.2, -0.15) is 0 Å². The fraction of sp³-hybridized carbons (Fsp3) is 0.500. The molecule has 2 heterocycles. The molecule has 1 aliphatic rings. The number of carboxylic acids is 1. The van der Waals surface area contributed by atoms with E-state index in [2.05, 4.69) is 14.6 Å². The molecule has 1 atom stereocenters. The quantitative estimate of drug-likeness (QED) is 0.746. The zero-order valence-electron chi connectivity index (χ0n) is 11.5. The van der Waals surface area contributed by atoms with Crippen LogP contribution in [0.25, 0.3) is 0 Å². The molecule has 2 rings (SSSR count). The Bertz CT molecular complexity index is 602.